The van der Waals surface area contributed by atoms with Gasteiger partial charge < -0.3 is 10.2 Å². The number of carbonyl (C=O) groups is 2. The predicted octanol–water partition coefficient (Wildman–Crippen LogP) is 3.17. The van der Waals surface area contributed by atoms with Crippen LogP contribution in [0.15, 0.2) is 48.5 Å². The topological polar surface area (TPSA) is 49.4 Å². The van der Waals surface area contributed by atoms with Crippen LogP contribution in [0.25, 0.3) is 16.5 Å². The molecule has 3 rings (SSSR count). The predicted molar refractivity (Wildman–Crippen MR) is 97.6 cm³/mol. The Kier molecular flexibility index (Phi) is 5.11. The highest BCUT2D eigenvalue weighted by atomic mass is 32.1. The van der Waals surface area contributed by atoms with E-state index in [-0.39, 0.29) is 17.9 Å². The number of thiophene rings is 1. The summed E-state index contributed by atoms with van der Waals surface area (Å²) in [6.07, 6.45) is 4.03. The van der Waals surface area contributed by atoms with Crippen LogP contribution in [0.3, 0.4) is 0 Å². The van der Waals surface area contributed by atoms with Crippen molar-refractivity contribution in [1.82, 2.24) is 10.2 Å². The number of carbonyl (C=O) groups excluding carboxylic acids is 2. The summed E-state index contributed by atoms with van der Waals surface area (Å²) >= 11 is 1.64. The van der Waals surface area contributed by atoms with Gasteiger partial charge >= 0.3 is 0 Å². The van der Waals surface area contributed by atoms with Gasteiger partial charge in [0.2, 0.25) is 11.8 Å². The molecular weight excluding hydrogens is 320 g/mol. The van der Waals surface area contributed by atoms with Gasteiger partial charge in [0.25, 0.3) is 0 Å². The molecule has 0 saturated carbocycles. The van der Waals surface area contributed by atoms with Gasteiger partial charge in [-0.2, -0.15) is 0 Å². The highest BCUT2D eigenvalue weighted by molar-refractivity contribution is 7.16. The van der Waals surface area contributed by atoms with E-state index in [1.165, 1.54) is 10.4 Å². The fourth-order valence-electron chi connectivity index (χ4n) is 2.83. The molecule has 2 heterocycles. The van der Waals surface area contributed by atoms with Crippen molar-refractivity contribution >= 4 is 29.2 Å². The first-order chi connectivity index (χ1) is 11.7. The van der Waals surface area contributed by atoms with E-state index in [9.17, 15) is 9.59 Å². The summed E-state index contributed by atoms with van der Waals surface area (Å²) in [5.74, 6) is -0.167. The van der Waals surface area contributed by atoms with Gasteiger partial charge in [0.05, 0.1) is 0 Å². The van der Waals surface area contributed by atoms with Crippen molar-refractivity contribution in [2.45, 2.75) is 19.4 Å². The van der Waals surface area contributed by atoms with E-state index in [1.54, 1.807) is 22.3 Å². The quantitative estimate of drug-likeness (QED) is 0.869. The number of nitrogens with one attached hydrogen (secondary N) is 1. The number of rotatable bonds is 4. The summed E-state index contributed by atoms with van der Waals surface area (Å²) in [5, 5.41) is 2.81. The molecule has 1 fully saturated rings. The van der Waals surface area contributed by atoms with Crippen molar-refractivity contribution in [3.8, 4) is 10.4 Å². The highest BCUT2D eigenvalue weighted by Gasteiger charge is 2.30. The summed E-state index contributed by atoms with van der Waals surface area (Å²) in [7, 11) is 0. The molecule has 0 bridgehead atoms. The zero-order valence-electron chi connectivity index (χ0n) is 13.6. The third kappa shape index (κ3) is 3.57. The van der Waals surface area contributed by atoms with E-state index < -0.39 is 0 Å². The Morgan fingerprint density at radius 1 is 1.29 bits per heavy atom. The fourth-order valence-corrected chi connectivity index (χ4v) is 3.75. The molecule has 124 valence electrons. The highest BCUT2D eigenvalue weighted by Crippen LogP contribution is 2.28. The van der Waals surface area contributed by atoms with Gasteiger partial charge in [-0.3, -0.25) is 9.59 Å². The number of piperazine rings is 1. The summed E-state index contributed by atoms with van der Waals surface area (Å²) in [4.78, 5) is 28.1. The van der Waals surface area contributed by atoms with Crippen molar-refractivity contribution in [3.63, 3.8) is 0 Å². The lowest BCUT2D eigenvalue weighted by Crippen LogP contribution is -2.56. The smallest absolute Gasteiger partial charge is 0.247 e. The second-order valence-corrected chi connectivity index (χ2v) is 6.76. The average molecular weight is 340 g/mol. The number of amides is 2. The summed E-state index contributed by atoms with van der Waals surface area (Å²) < 4.78 is 0. The molecule has 5 heteroatoms. The number of nitrogens with zero attached hydrogens (tertiary/aromatic N) is 1. The third-order valence-electron chi connectivity index (χ3n) is 4.08. The maximum atomic E-state index is 12.4. The van der Waals surface area contributed by atoms with Gasteiger partial charge in [-0.05, 0) is 30.2 Å². The van der Waals surface area contributed by atoms with Gasteiger partial charge in [-0.25, -0.2) is 0 Å². The van der Waals surface area contributed by atoms with Gasteiger partial charge in [-0.1, -0.05) is 37.3 Å². The Balaban J connectivity index is 1.70. The van der Waals surface area contributed by atoms with E-state index in [2.05, 4.69) is 23.5 Å². The maximum Gasteiger partial charge on any atom is 0.247 e. The second-order valence-electron chi connectivity index (χ2n) is 5.65. The fraction of sp³-hybridized carbons (Fsp3) is 0.263. The van der Waals surface area contributed by atoms with Crippen LogP contribution in [-0.2, 0) is 9.59 Å². The minimum absolute atomic E-state index is 0.0620. The number of benzene rings is 1. The molecule has 1 saturated heterocycles. The molecule has 2 amide bonds. The average Bonchev–Trinajstić information content (AvgIpc) is 3.09. The molecule has 1 atom stereocenters. The van der Waals surface area contributed by atoms with Crippen LogP contribution in [0.1, 0.15) is 18.2 Å². The van der Waals surface area contributed by atoms with Crippen LogP contribution < -0.4 is 5.32 Å². The molecule has 0 spiro atoms. The molecule has 1 aromatic heterocycles. The van der Waals surface area contributed by atoms with E-state index >= 15 is 0 Å². The zero-order chi connectivity index (χ0) is 16.9. The van der Waals surface area contributed by atoms with Crippen LogP contribution in [0.2, 0.25) is 0 Å². The Morgan fingerprint density at radius 3 is 2.83 bits per heavy atom. The zero-order valence-corrected chi connectivity index (χ0v) is 14.4. The lowest BCUT2D eigenvalue weighted by atomic mass is 10.1. The first kappa shape index (κ1) is 16.5. The molecular formula is C19H20N2O2S. The monoisotopic (exact) mass is 340 g/mol. The lowest BCUT2D eigenvalue weighted by Gasteiger charge is -2.33. The van der Waals surface area contributed by atoms with Crippen molar-refractivity contribution in [2.24, 2.45) is 0 Å². The van der Waals surface area contributed by atoms with Crippen LogP contribution in [0.4, 0.5) is 0 Å². The van der Waals surface area contributed by atoms with Crippen molar-refractivity contribution in [1.29, 1.82) is 0 Å². The lowest BCUT2D eigenvalue weighted by molar-refractivity contribution is -0.140. The molecule has 1 aliphatic rings. The molecule has 0 aliphatic carbocycles. The van der Waals surface area contributed by atoms with Gasteiger partial charge in [0.15, 0.2) is 0 Å². The molecule has 4 nitrogen and oxygen atoms in total. The summed E-state index contributed by atoms with van der Waals surface area (Å²) in [5.41, 5.74) is 1.17. The Bertz CT molecular complexity index is 752. The second kappa shape index (κ2) is 7.45. The van der Waals surface area contributed by atoms with E-state index in [1.807, 2.05) is 37.3 Å². The van der Waals surface area contributed by atoms with E-state index in [0.717, 1.165) is 4.88 Å². The third-order valence-corrected chi connectivity index (χ3v) is 5.18. The van der Waals surface area contributed by atoms with Gasteiger partial charge in [0, 0.05) is 28.9 Å². The largest absolute Gasteiger partial charge is 0.353 e. The molecule has 1 unspecified atom stereocenters. The van der Waals surface area contributed by atoms with Crippen LogP contribution in [-0.4, -0.2) is 35.8 Å². The number of hydrogen-bond donors (Lipinski definition) is 1. The Hall–Kier alpha value is -2.40. The SMILES string of the molecule is CCC1C(=O)NCCN1C(=O)/C=C/c1ccc(-c2ccccc2)s1. The minimum atomic E-state index is -0.362. The first-order valence-electron chi connectivity index (χ1n) is 8.10. The van der Waals surface area contributed by atoms with Gasteiger partial charge in [0.1, 0.15) is 6.04 Å². The Morgan fingerprint density at radius 2 is 2.08 bits per heavy atom. The standard InChI is InChI=1S/C19H20N2O2S/c1-2-16-19(23)20-12-13-21(16)18(22)11-9-15-8-10-17(24-15)14-6-4-3-5-7-14/h3-11,16H,2,12-13H2,1H3,(H,20,23)/b11-9+. The normalized spacial score (nSPS) is 18.0. The van der Waals surface area contributed by atoms with Crippen LogP contribution in [0.5, 0.6) is 0 Å². The summed E-state index contributed by atoms with van der Waals surface area (Å²) in [6.45, 7) is 3.00. The molecule has 2 aromatic rings. The maximum absolute atomic E-state index is 12.4. The molecule has 1 aromatic carbocycles. The first-order valence-corrected chi connectivity index (χ1v) is 8.92. The van der Waals surface area contributed by atoms with Gasteiger partial charge in [-0.15, -0.1) is 11.3 Å². The minimum Gasteiger partial charge on any atom is -0.353 e. The molecule has 1 N–H and O–H groups in total. The molecule has 1 aliphatic heterocycles. The van der Waals surface area contributed by atoms with Crippen LogP contribution >= 0.6 is 11.3 Å². The molecule has 24 heavy (non-hydrogen) atoms. The van der Waals surface area contributed by atoms with Crippen molar-refractivity contribution in [3.05, 3.63) is 53.4 Å². The van der Waals surface area contributed by atoms with E-state index in [4.69, 9.17) is 0 Å². The van der Waals surface area contributed by atoms with Crippen molar-refractivity contribution in [2.75, 3.05) is 13.1 Å². The number of hydrogen-bond acceptors (Lipinski definition) is 3. The molecule has 0 radical (unpaired) electrons. The Labute approximate surface area is 145 Å². The van der Waals surface area contributed by atoms with Crippen molar-refractivity contribution < 1.29 is 9.59 Å². The summed E-state index contributed by atoms with van der Waals surface area (Å²) in [6, 6.07) is 13.9. The van der Waals surface area contributed by atoms with E-state index in [0.29, 0.717) is 19.5 Å². The van der Waals surface area contributed by atoms with Crippen LogP contribution in [0, 0.1) is 0 Å².